The van der Waals surface area contributed by atoms with Gasteiger partial charge in [-0.15, -0.1) is 16.4 Å². The first-order chi connectivity index (χ1) is 12.6. The quantitative estimate of drug-likeness (QED) is 0.559. The first-order valence-electron chi connectivity index (χ1n) is 7.56. The van der Waals surface area contributed by atoms with Gasteiger partial charge in [0, 0.05) is 0 Å². The summed E-state index contributed by atoms with van der Waals surface area (Å²) in [5, 5.41) is 6.25. The molecule has 7 nitrogen and oxygen atoms in total. The summed E-state index contributed by atoms with van der Waals surface area (Å²) < 4.78 is 7.08. The van der Waals surface area contributed by atoms with Crippen LogP contribution < -0.4 is 20.6 Å². The van der Waals surface area contributed by atoms with E-state index in [0.717, 1.165) is 10.4 Å². The van der Waals surface area contributed by atoms with Crippen molar-refractivity contribution in [1.29, 1.82) is 0 Å². The minimum Gasteiger partial charge on any atom is -0.484 e. The third kappa shape index (κ3) is 3.22. The molecule has 0 spiro atoms. The van der Waals surface area contributed by atoms with Gasteiger partial charge in [-0.2, -0.15) is 9.50 Å². The molecule has 1 amide bonds. The predicted molar refractivity (Wildman–Crippen MR) is 100 cm³/mol. The summed E-state index contributed by atoms with van der Waals surface area (Å²) in [7, 11) is 0. The van der Waals surface area contributed by atoms with E-state index in [9.17, 15) is 9.59 Å². The lowest BCUT2D eigenvalue weighted by Gasteiger charge is -2.03. The molecule has 0 saturated heterocycles. The Labute approximate surface area is 155 Å². The molecule has 0 unspecified atom stereocenters. The molecule has 4 aromatic rings. The van der Waals surface area contributed by atoms with Gasteiger partial charge < -0.3 is 10.5 Å². The summed E-state index contributed by atoms with van der Waals surface area (Å²) in [6.07, 6.45) is 1.77. The van der Waals surface area contributed by atoms with Crippen molar-refractivity contribution in [2.24, 2.45) is 5.73 Å². The number of primary amides is 1. The van der Waals surface area contributed by atoms with Crippen LogP contribution in [-0.4, -0.2) is 27.1 Å². The summed E-state index contributed by atoms with van der Waals surface area (Å²) in [5.74, 6) is 0.561. The highest BCUT2D eigenvalue weighted by Crippen LogP contribution is 2.21. The predicted octanol–water partition coefficient (Wildman–Crippen LogP) is 1.29. The molecular formula is C17H12N4O3S2. The first kappa shape index (κ1) is 16.4. The molecule has 4 rings (SSSR count). The molecule has 0 aliphatic carbocycles. The van der Waals surface area contributed by atoms with Crippen LogP contribution in [0.25, 0.3) is 21.7 Å². The molecule has 1 aromatic carbocycles. The number of thiazole rings is 1. The van der Waals surface area contributed by atoms with E-state index in [0.29, 0.717) is 21.1 Å². The molecule has 0 atom stereocenters. The molecule has 26 heavy (non-hydrogen) atoms. The van der Waals surface area contributed by atoms with Crippen LogP contribution in [0, 0.1) is 0 Å². The first-order valence-corrected chi connectivity index (χ1v) is 9.26. The van der Waals surface area contributed by atoms with Gasteiger partial charge in [0.2, 0.25) is 4.96 Å². The van der Waals surface area contributed by atoms with Gasteiger partial charge in [-0.05, 0) is 35.2 Å². The number of hydrogen-bond donors (Lipinski definition) is 1. The molecular weight excluding hydrogens is 372 g/mol. The van der Waals surface area contributed by atoms with Gasteiger partial charge in [0.15, 0.2) is 12.4 Å². The van der Waals surface area contributed by atoms with E-state index in [2.05, 4.69) is 10.1 Å². The number of ether oxygens (including phenoxy) is 1. The standard InChI is InChI=1S/C17H12N4O3S2/c18-14(22)9-24-11-5-3-10(4-6-11)8-13-16(23)21-17(26-13)19-15(20-21)12-2-1-7-25-12/h1-8H,9H2,(H2,18,22)/b13-8-. The van der Waals surface area contributed by atoms with E-state index < -0.39 is 5.91 Å². The van der Waals surface area contributed by atoms with Crippen LogP contribution in [0.1, 0.15) is 5.56 Å². The van der Waals surface area contributed by atoms with Gasteiger partial charge in [-0.3, -0.25) is 9.59 Å². The number of benzene rings is 1. The Morgan fingerprint density at radius 2 is 2.08 bits per heavy atom. The normalized spacial score (nSPS) is 11.9. The average molecular weight is 384 g/mol. The molecule has 0 bridgehead atoms. The number of fused-ring (bicyclic) bond motifs is 1. The summed E-state index contributed by atoms with van der Waals surface area (Å²) >= 11 is 2.82. The minimum absolute atomic E-state index is 0.172. The molecule has 0 aliphatic heterocycles. The van der Waals surface area contributed by atoms with Crippen molar-refractivity contribution in [3.8, 4) is 16.5 Å². The number of rotatable bonds is 5. The molecule has 130 valence electrons. The van der Waals surface area contributed by atoms with Crippen LogP contribution in [-0.2, 0) is 4.79 Å². The fourth-order valence-electron chi connectivity index (χ4n) is 2.31. The summed E-state index contributed by atoms with van der Waals surface area (Å²) in [5.41, 5.74) is 5.67. The zero-order valence-electron chi connectivity index (χ0n) is 13.3. The van der Waals surface area contributed by atoms with Crippen LogP contribution in [0.2, 0.25) is 0 Å². The molecule has 0 radical (unpaired) electrons. The second kappa shape index (κ2) is 6.70. The van der Waals surface area contributed by atoms with Crippen molar-refractivity contribution >= 4 is 39.6 Å². The molecule has 9 heteroatoms. The largest absolute Gasteiger partial charge is 0.484 e. The SMILES string of the molecule is NC(=O)COc1ccc(/C=c2\sc3nc(-c4cccs4)nn3c2=O)cc1. The Kier molecular flexibility index (Phi) is 4.23. The van der Waals surface area contributed by atoms with Crippen molar-refractivity contribution in [3.63, 3.8) is 0 Å². The second-order valence-corrected chi connectivity index (χ2v) is 7.30. The lowest BCUT2D eigenvalue weighted by atomic mass is 10.2. The smallest absolute Gasteiger partial charge is 0.291 e. The maximum Gasteiger partial charge on any atom is 0.291 e. The monoisotopic (exact) mass is 384 g/mol. The zero-order valence-corrected chi connectivity index (χ0v) is 14.9. The van der Waals surface area contributed by atoms with Gasteiger partial charge >= 0.3 is 0 Å². The molecule has 0 saturated carbocycles. The van der Waals surface area contributed by atoms with E-state index in [-0.39, 0.29) is 12.2 Å². The van der Waals surface area contributed by atoms with Crippen LogP contribution in [0.4, 0.5) is 0 Å². The van der Waals surface area contributed by atoms with Crippen LogP contribution in [0.3, 0.4) is 0 Å². The van der Waals surface area contributed by atoms with E-state index in [1.165, 1.54) is 27.2 Å². The number of hydrogen-bond acceptors (Lipinski definition) is 7. The minimum atomic E-state index is -0.534. The van der Waals surface area contributed by atoms with Crippen molar-refractivity contribution in [1.82, 2.24) is 14.6 Å². The lowest BCUT2D eigenvalue weighted by Crippen LogP contribution is -2.23. The van der Waals surface area contributed by atoms with E-state index in [4.69, 9.17) is 10.5 Å². The molecule has 2 N–H and O–H groups in total. The highest BCUT2D eigenvalue weighted by Gasteiger charge is 2.12. The summed E-state index contributed by atoms with van der Waals surface area (Å²) in [6.45, 7) is -0.172. The Balaban J connectivity index is 1.64. The van der Waals surface area contributed by atoms with Crippen molar-refractivity contribution < 1.29 is 9.53 Å². The van der Waals surface area contributed by atoms with Crippen LogP contribution in [0.5, 0.6) is 5.75 Å². The fourth-order valence-corrected chi connectivity index (χ4v) is 3.87. The molecule has 0 aliphatic rings. The fraction of sp³-hybridized carbons (Fsp3) is 0.0588. The number of amides is 1. The Morgan fingerprint density at radius 3 is 2.73 bits per heavy atom. The second-order valence-electron chi connectivity index (χ2n) is 5.35. The van der Waals surface area contributed by atoms with Gasteiger partial charge in [0.05, 0.1) is 9.41 Å². The Morgan fingerprint density at radius 1 is 1.27 bits per heavy atom. The number of carbonyl (C=O) groups excluding carboxylic acids is 1. The maximum absolute atomic E-state index is 12.5. The zero-order chi connectivity index (χ0) is 18.1. The van der Waals surface area contributed by atoms with E-state index in [1.54, 1.807) is 30.3 Å². The number of aromatic nitrogens is 3. The lowest BCUT2D eigenvalue weighted by molar-refractivity contribution is -0.119. The van der Waals surface area contributed by atoms with Gasteiger partial charge in [0.1, 0.15) is 5.75 Å². The van der Waals surface area contributed by atoms with E-state index in [1.807, 2.05) is 17.5 Å². The van der Waals surface area contributed by atoms with Gasteiger partial charge in [-0.1, -0.05) is 29.5 Å². The van der Waals surface area contributed by atoms with E-state index >= 15 is 0 Å². The van der Waals surface area contributed by atoms with Gasteiger partial charge in [-0.25, -0.2) is 0 Å². The number of nitrogens with two attached hydrogens (primary N) is 1. The summed E-state index contributed by atoms with van der Waals surface area (Å²) in [4.78, 5) is 29.2. The maximum atomic E-state index is 12.5. The van der Waals surface area contributed by atoms with Crippen molar-refractivity contribution in [2.45, 2.75) is 0 Å². The Bertz CT molecular complexity index is 1180. The summed E-state index contributed by atoms with van der Waals surface area (Å²) in [6, 6.07) is 10.9. The highest BCUT2D eigenvalue weighted by atomic mass is 32.1. The molecule has 0 fully saturated rings. The van der Waals surface area contributed by atoms with Crippen LogP contribution >= 0.6 is 22.7 Å². The van der Waals surface area contributed by atoms with Crippen molar-refractivity contribution in [2.75, 3.05) is 6.61 Å². The number of thiophene rings is 1. The number of nitrogens with zero attached hydrogens (tertiary/aromatic N) is 3. The Hall–Kier alpha value is -3.04. The molecule has 3 aromatic heterocycles. The van der Waals surface area contributed by atoms with Crippen molar-refractivity contribution in [3.05, 3.63) is 62.2 Å². The third-order valence-electron chi connectivity index (χ3n) is 3.48. The van der Waals surface area contributed by atoms with Crippen LogP contribution in [0.15, 0.2) is 46.6 Å². The molecule has 3 heterocycles. The highest BCUT2D eigenvalue weighted by molar-refractivity contribution is 7.15. The number of carbonyl (C=O) groups is 1. The topological polar surface area (TPSA) is 99.6 Å². The average Bonchev–Trinajstić information content (AvgIpc) is 3.33. The van der Waals surface area contributed by atoms with Gasteiger partial charge in [0.25, 0.3) is 11.5 Å². The third-order valence-corrected chi connectivity index (χ3v) is 5.31.